The lowest BCUT2D eigenvalue weighted by Crippen LogP contribution is -2.20. The molecule has 0 bridgehead atoms. The summed E-state index contributed by atoms with van der Waals surface area (Å²) in [5, 5.41) is 2.78. The molecule has 1 fully saturated rings. The largest absolute Gasteiger partial charge is 0.489 e. The number of hydrogen-bond donors (Lipinski definition) is 1. The Labute approximate surface area is 154 Å². The molecule has 3 rings (SSSR count). The van der Waals surface area contributed by atoms with Crippen LogP contribution < -0.4 is 10.1 Å². The van der Waals surface area contributed by atoms with Crippen LogP contribution in [0, 0.1) is 5.92 Å². The quantitative estimate of drug-likeness (QED) is 0.772. The van der Waals surface area contributed by atoms with Crippen LogP contribution in [0.25, 0.3) is 0 Å². The SMILES string of the molecule is O=C(COCc1ccccc1)Nc1ncccc1OCC1CCCCC1. The van der Waals surface area contributed by atoms with Gasteiger partial charge in [0.15, 0.2) is 11.6 Å². The molecule has 0 atom stereocenters. The molecular weight excluding hydrogens is 328 g/mol. The predicted octanol–water partition coefficient (Wildman–Crippen LogP) is 4.20. The van der Waals surface area contributed by atoms with Gasteiger partial charge in [0.05, 0.1) is 13.2 Å². The second-order valence-electron chi connectivity index (χ2n) is 6.69. The number of carbonyl (C=O) groups excluding carboxylic acids is 1. The molecule has 26 heavy (non-hydrogen) atoms. The molecule has 0 unspecified atom stereocenters. The topological polar surface area (TPSA) is 60.5 Å². The third-order valence-electron chi connectivity index (χ3n) is 4.57. The van der Waals surface area contributed by atoms with Crippen LogP contribution in [0.4, 0.5) is 5.82 Å². The summed E-state index contributed by atoms with van der Waals surface area (Å²) in [6.07, 6.45) is 7.97. The van der Waals surface area contributed by atoms with Crippen molar-refractivity contribution < 1.29 is 14.3 Å². The predicted molar refractivity (Wildman–Crippen MR) is 101 cm³/mol. The minimum atomic E-state index is -0.234. The normalized spacial score (nSPS) is 14.8. The fourth-order valence-electron chi connectivity index (χ4n) is 3.17. The molecule has 1 saturated carbocycles. The Hall–Kier alpha value is -2.40. The van der Waals surface area contributed by atoms with Crippen molar-refractivity contribution in [1.82, 2.24) is 4.98 Å². The van der Waals surface area contributed by atoms with Gasteiger partial charge in [0.2, 0.25) is 0 Å². The number of amides is 1. The van der Waals surface area contributed by atoms with Crippen molar-refractivity contribution in [1.29, 1.82) is 0 Å². The number of nitrogens with one attached hydrogen (secondary N) is 1. The molecule has 0 aliphatic heterocycles. The van der Waals surface area contributed by atoms with E-state index >= 15 is 0 Å². The molecule has 1 N–H and O–H groups in total. The van der Waals surface area contributed by atoms with E-state index in [9.17, 15) is 4.79 Å². The van der Waals surface area contributed by atoms with Crippen molar-refractivity contribution in [2.75, 3.05) is 18.5 Å². The highest BCUT2D eigenvalue weighted by molar-refractivity contribution is 5.92. The number of benzene rings is 1. The Bertz CT molecular complexity index is 685. The zero-order valence-corrected chi connectivity index (χ0v) is 15.0. The van der Waals surface area contributed by atoms with E-state index < -0.39 is 0 Å². The van der Waals surface area contributed by atoms with E-state index in [1.165, 1.54) is 32.1 Å². The Morgan fingerprint density at radius 2 is 1.88 bits per heavy atom. The van der Waals surface area contributed by atoms with E-state index in [1.54, 1.807) is 6.20 Å². The van der Waals surface area contributed by atoms with Crippen LogP contribution in [0.5, 0.6) is 5.75 Å². The van der Waals surface area contributed by atoms with Gasteiger partial charge in [-0.2, -0.15) is 0 Å². The summed E-state index contributed by atoms with van der Waals surface area (Å²) >= 11 is 0. The molecule has 1 amide bonds. The Morgan fingerprint density at radius 3 is 2.69 bits per heavy atom. The minimum Gasteiger partial charge on any atom is -0.489 e. The second-order valence-corrected chi connectivity index (χ2v) is 6.69. The van der Waals surface area contributed by atoms with Crippen molar-refractivity contribution >= 4 is 11.7 Å². The van der Waals surface area contributed by atoms with Gasteiger partial charge in [-0.25, -0.2) is 4.98 Å². The molecule has 0 spiro atoms. The summed E-state index contributed by atoms with van der Waals surface area (Å²) in [4.78, 5) is 16.4. The van der Waals surface area contributed by atoms with E-state index in [2.05, 4.69) is 10.3 Å². The van der Waals surface area contributed by atoms with Crippen molar-refractivity contribution in [2.45, 2.75) is 38.7 Å². The number of anilines is 1. The zero-order valence-electron chi connectivity index (χ0n) is 15.0. The first-order valence-electron chi connectivity index (χ1n) is 9.30. The molecule has 0 radical (unpaired) electrons. The fourth-order valence-corrected chi connectivity index (χ4v) is 3.17. The van der Waals surface area contributed by atoms with Crippen LogP contribution in [0.1, 0.15) is 37.7 Å². The van der Waals surface area contributed by atoms with Gasteiger partial charge < -0.3 is 14.8 Å². The average molecular weight is 354 g/mol. The first-order chi connectivity index (χ1) is 12.8. The van der Waals surface area contributed by atoms with E-state index in [0.717, 1.165) is 5.56 Å². The number of nitrogens with zero attached hydrogens (tertiary/aromatic N) is 1. The molecule has 1 aromatic carbocycles. The van der Waals surface area contributed by atoms with Crippen LogP contribution in [0.3, 0.4) is 0 Å². The number of pyridine rings is 1. The van der Waals surface area contributed by atoms with Gasteiger partial charge in [-0.05, 0) is 36.5 Å². The van der Waals surface area contributed by atoms with Gasteiger partial charge in [0.1, 0.15) is 6.61 Å². The molecule has 5 nitrogen and oxygen atoms in total. The summed E-state index contributed by atoms with van der Waals surface area (Å²) in [6.45, 7) is 1.06. The van der Waals surface area contributed by atoms with Gasteiger partial charge in [-0.3, -0.25) is 4.79 Å². The average Bonchev–Trinajstić information content (AvgIpc) is 2.69. The number of carbonyl (C=O) groups is 1. The fraction of sp³-hybridized carbons (Fsp3) is 0.429. The monoisotopic (exact) mass is 354 g/mol. The second kappa shape index (κ2) is 9.92. The maximum atomic E-state index is 12.1. The number of hydrogen-bond acceptors (Lipinski definition) is 4. The molecule has 0 saturated heterocycles. The van der Waals surface area contributed by atoms with Crippen LogP contribution in [0.2, 0.25) is 0 Å². The van der Waals surface area contributed by atoms with Crippen LogP contribution in [-0.2, 0) is 16.1 Å². The maximum absolute atomic E-state index is 12.1. The highest BCUT2D eigenvalue weighted by Gasteiger charge is 2.16. The minimum absolute atomic E-state index is 0.0203. The summed E-state index contributed by atoms with van der Waals surface area (Å²) in [6, 6.07) is 13.4. The van der Waals surface area contributed by atoms with E-state index in [-0.39, 0.29) is 12.5 Å². The Morgan fingerprint density at radius 1 is 1.08 bits per heavy atom. The first kappa shape index (κ1) is 18.4. The van der Waals surface area contributed by atoms with Crippen molar-refractivity contribution in [3.05, 3.63) is 54.2 Å². The molecule has 1 aromatic heterocycles. The Balaban J connectivity index is 1.46. The molecule has 1 aliphatic carbocycles. The number of ether oxygens (including phenoxy) is 2. The highest BCUT2D eigenvalue weighted by Crippen LogP contribution is 2.26. The lowest BCUT2D eigenvalue weighted by molar-refractivity contribution is -0.121. The summed E-state index contributed by atoms with van der Waals surface area (Å²) in [5.41, 5.74) is 1.04. The molecular formula is C21H26N2O3. The molecule has 138 valence electrons. The highest BCUT2D eigenvalue weighted by atomic mass is 16.5. The molecule has 2 aromatic rings. The summed E-state index contributed by atoms with van der Waals surface area (Å²) in [5.74, 6) is 1.44. The lowest BCUT2D eigenvalue weighted by atomic mass is 9.90. The zero-order chi connectivity index (χ0) is 18.0. The van der Waals surface area contributed by atoms with Gasteiger partial charge in [0, 0.05) is 6.20 Å². The third kappa shape index (κ3) is 5.85. The number of rotatable bonds is 8. The molecule has 1 aliphatic rings. The first-order valence-corrected chi connectivity index (χ1v) is 9.30. The van der Waals surface area contributed by atoms with E-state index in [4.69, 9.17) is 9.47 Å². The standard InChI is InChI=1S/C21H26N2O3/c24-20(16-25-14-17-8-3-1-4-9-17)23-21-19(12-7-13-22-21)26-15-18-10-5-2-6-11-18/h1,3-4,7-9,12-13,18H,2,5-6,10-11,14-16H2,(H,22,23,24). The molecule has 5 heteroatoms. The number of aromatic nitrogens is 1. The third-order valence-corrected chi connectivity index (χ3v) is 4.57. The molecule has 1 heterocycles. The summed E-state index contributed by atoms with van der Waals surface area (Å²) < 4.78 is 11.4. The lowest BCUT2D eigenvalue weighted by Gasteiger charge is -2.22. The van der Waals surface area contributed by atoms with Crippen molar-refractivity contribution in [3.8, 4) is 5.75 Å². The van der Waals surface area contributed by atoms with Crippen molar-refractivity contribution in [3.63, 3.8) is 0 Å². The van der Waals surface area contributed by atoms with E-state index in [1.807, 2.05) is 42.5 Å². The van der Waals surface area contributed by atoms with Gasteiger partial charge in [-0.15, -0.1) is 0 Å². The van der Waals surface area contributed by atoms with Gasteiger partial charge >= 0.3 is 0 Å². The van der Waals surface area contributed by atoms with Crippen molar-refractivity contribution in [2.24, 2.45) is 5.92 Å². The maximum Gasteiger partial charge on any atom is 0.251 e. The van der Waals surface area contributed by atoms with Gasteiger partial charge in [-0.1, -0.05) is 49.6 Å². The summed E-state index contributed by atoms with van der Waals surface area (Å²) in [7, 11) is 0. The van der Waals surface area contributed by atoms with E-state index in [0.29, 0.717) is 30.7 Å². The van der Waals surface area contributed by atoms with Crippen LogP contribution in [-0.4, -0.2) is 24.1 Å². The van der Waals surface area contributed by atoms with Gasteiger partial charge in [0.25, 0.3) is 5.91 Å². The smallest absolute Gasteiger partial charge is 0.251 e. The van der Waals surface area contributed by atoms with Crippen LogP contribution in [0.15, 0.2) is 48.7 Å². The van der Waals surface area contributed by atoms with Crippen LogP contribution >= 0.6 is 0 Å². The Kier molecular flexibility index (Phi) is 7.02.